The van der Waals surface area contributed by atoms with Crippen LogP contribution in [0.15, 0.2) is 42.6 Å². The molecule has 27 heavy (non-hydrogen) atoms. The molecule has 2 N–H and O–H groups in total. The lowest BCUT2D eigenvalue weighted by Gasteiger charge is -2.17. The molecule has 0 spiro atoms. The van der Waals surface area contributed by atoms with Crippen molar-refractivity contribution in [2.75, 3.05) is 55.8 Å². The molecule has 2 aromatic rings. The molecule has 0 bridgehead atoms. The van der Waals surface area contributed by atoms with E-state index in [0.29, 0.717) is 5.69 Å². The van der Waals surface area contributed by atoms with Gasteiger partial charge in [-0.15, -0.1) is 0 Å². The highest BCUT2D eigenvalue weighted by atomic mass is 16.1. The number of nitrogens with zero attached hydrogens (tertiary/aromatic N) is 3. The fourth-order valence-corrected chi connectivity index (χ4v) is 3.22. The average molecular weight is 367 g/mol. The minimum atomic E-state index is -0.194. The molecule has 1 aromatic heterocycles. The summed E-state index contributed by atoms with van der Waals surface area (Å²) in [7, 11) is 4.12. The Morgan fingerprint density at radius 2 is 1.85 bits per heavy atom. The highest BCUT2D eigenvalue weighted by Gasteiger charge is 2.13. The molecule has 6 heteroatoms. The largest absolute Gasteiger partial charge is 0.385 e. The number of aromatic nitrogens is 1. The van der Waals surface area contributed by atoms with Gasteiger partial charge in [0.05, 0.1) is 0 Å². The highest BCUT2D eigenvalue weighted by molar-refractivity contribution is 6.03. The first-order valence-electron chi connectivity index (χ1n) is 9.63. The Morgan fingerprint density at radius 1 is 1.11 bits per heavy atom. The van der Waals surface area contributed by atoms with Crippen molar-refractivity contribution in [2.45, 2.75) is 19.3 Å². The molecule has 0 unspecified atom stereocenters. The summed E-state index contributed by atoms with van der Waals surface area (Å²) in [6.07, 6.45) is 5.22. The normalized spacial score (nSPS) is 13.8. The van der Waals surface area contributed by atoms with Gasteiger partial charge in [0.15, 0.2) is 0 Å². The van der Waals surface area contributed by atoms with E-state index in [1.165, 1.54) is 18.5 Å². The first kappa shape index (κ1) is 19.2. The van der Waals surface area contributed by atoms with Crippen molar-refractivity contribution >= 4 is 23.0 Å². The molecule has 1 amide bonds. The SMILES string of the molecule is CN(C)CCCNc1ccnc(C(=O)Nc2ccc(N3CCCC3)cc2)c1. The highest BCUT2D eigenvalue weighted by Crippen LogP contribution is 2.22. The number of nitrogens with one attached hydrogen (secondary N) is 2. The maximum Gasteiger partial charge on any atom is 0.274 e. The first-order chi connectivity index (χ1) is 13.1. The molecule has 1 aliphatic rings. The van der Waals surface area contributed by atoms with Gasteiger partial charge in [0.1, 0.15) is 5.69 Å². The lowest BCUT2D eigenvalue weighted by molar-refractivity contribution is 0.102. The van der Waals surface area contributed by atoms with Gasteiger partial charge in [-0.2, -0.15) is 0 Å². The third kappa shape index (κ3) is 5.69. The van der Waals surface area contributed by atoms with Gasteiger partial charge >= 0.3 is 0 Å². The molecular weight excluding hydrogens is 338 g/mol. The number of hydrogen-bond acceptors (Lipinski definition) is 5. The van der Waals surface area contributed by atoms with Crippen molar-refractivity contribution < 1.29 is 4.79 Å². The fraction of sp³-hybridized carbons (Fsp3) is 0.429. The molecule has 144 valence electrons. The molecule has 1 fully saturated rings. The predicted molar refractivity (Wildman–Crippen MR) is 112 cm³/mol. The second-order valence-corrected chi connectivity index (χ2v) is 7.21. The van der Waals surface area contributed by atoms with Crippen LogP contribution in [0.3, 0.4) is 0 Å². The van der Waals surface area contributed by atoms with Crippen LogP contribution in [0.1, 0.15) is 29.8 Å². The maximum absolute atomic E-state index is 12.5. The molecule has 0 radical (unpaired) electrons. The minimum Gasteiger partial charge on any atom is -0.385 e. The monoisotopic (exact) mass is 367 g/mol. The molecular formula is C21H29N5O. The number of carbonyl (C=O) groups is 1. The van der Waals surface area contributed by atoms with E-state index in [4.69, 9.17) is 0 Å². The summed E-state index contributed by atoms with van der Waals surface area (Å²) in [5.41, 5.74) is 3.33. The van der Waals surface area contributed by atoms with Gasteiger partial charge in [0, 0.05) is 42.9 Å². The summed E-state index contributed by atoms with van der Waals surface area (Å²) in [5.74, 6) is -0.194. The second-order valence-electron chi connectivity index (χ2n) is 7.21. The van der Waals surface area contributed by atoms with E-state index in [1.54, 1.807) is 12.3 Å². The van der Waals surface area contributed by atoms with Gasteiger partial charge in [0.25, 0.3) is 5.91 Å². The lowest BCUT2D eigenvalue weighted by atomic mass is 10.2. The Morgan fingerprint density at radius 3 is 2.56 bits per heavy atom. The first-order valence-corrected chi connectivity index (χ1v) is 9.63. The predicted octanol–water partition coefficient (Wildman–Crippen LogP) is 3.30. The van der Waals surface area contributed by atoms with Crippen LogP contribution >= 0.6 is 0 Å². The maximum atomic E-state index is 12.5. The minimum absolute atomic E-state index is 0.194. The second kappa shape index (κ2) is 9.37. The summed E-state index contributed by atoms with van der Waals surface area (Å²) in [5, 5.41) is 6.28. The number of pyridine rings is 1. The summed E-state index contributed by atoms with van der Waals surface area (Å²) >= 11 is 0. The van der Waals surface area contributed by atoms with Gasteiger partial charge in [-0.05, 0) is 76.3 Å². The van der Waals surface area contributed by atoms with Crippen molar-refractivity contribution in [3.05, 3.63) is 48.3 Å². The molecule has 0 atom stereocenters. The lowest BCUT2D eigenvalue weighted by Crippen LogP contribution is -2.18. The number of amides is 1. The molecule has 0 saturated carbocycles. The Balaban J connectivity index is 1.55. The summed E-state index contributed by atoms with van der Waals surface area (Å²) < 4.78 is 0. The zero-order valence-corrected chi connectivity index (χ0v) is 16.2. The zero-order chi connectivity index (χ0) is 19.1. The van der Waals surface area contributed by atoms with Crippen LogP contribution in [-0.2, 0) is 0 Å². The van der Waals surface area contributed by atoms with Crippen molar-refractivity contribution in [1.29, 1.82) is 0 Å². The topological polar surface area (TPSA) is 60.5 Å². The Labute approximate surface area is 161 Å². The van der Waals surface area contributed by atoms with E-state index in [0.717, 1.165) is 44.0 Å². The van der Waals surface area contributed by atoms with Crippen LogP contribution < -0.4 is 15.5 Å². The molecule has 0 aliphatic carbocycles. The molecule has 1 aliphatic heterocycles. The summed E-state index contributed by atoms with van der Waals surface area (Å²) in [6, 6.07) is 11.7. The quantitative estimate of drug-likeness (QED) is 0.701. The van der Waals surface area contributed by atoms with Crippen LogP contribution in [0.4, 0.5) is 17.1 Å². The van der Waals surface area contributed by atoms with E-state index in [-0.39, 0.29) is 5.91 Å². The Hall–Kier alpha value is -2.60. The van der Waals surface area contributed by atoms with Crippen LogP contribution in [-0.4, -0.2) is 56.1 Å². The van der Waals surface area contributed by atoms with E-state index in [9.17, 15) is 4.79 Å². The van der Waals surface area contributed by atoms with Gasteiger partial charge in [-0.1, -0.05) is 0 Å². The average Bonchev–Trinajstić information content (AvgIpc) is 3.21. The van der Waals surface area contributed by atoms with Crippen molar-refractivity contribution in [1.82, 2.24) is 9.88 Å². The van der Waals surface area contributed by atoms with Gasteiger partial charge in [-0.3, -0.25) is 9.78 Å². The van der Waals surface area contributed by atoms with Crippen molar-refractivity contribution in [2.24, 2.45) is 0 Å². The number of hydrogen-bond donors (Lipinski definition) is 2. The van der Waals surface area contributed by atoms with Crippen molar-refractivity contribution in [3.63, 3.8) is 0 Å². The molecule has 3 rings (SSSR count). The Kier molecular flexibility index (Phi) is 6.65. The number of rotatable bonds is 8. The van der Waals surface area contributed by atoms with Crippen molar-refractivity contribution in [3.8, 4) is 0 Å². The molecule has 2 heterocycles. The molecule has 1 saturated heterocycles. The third-order valence-electron chi connectivity index (χ3n) is 4.70. The van der Waals surface area contributed by atoms with Crippen LogP contribution in [0.2, 0.25) is 0 Å². The number of anilines is 3. The summed E-state index contributed by atoms with van der Waals surface area (Å²) in [4.78, 5) is 21.2. The molecule has 6 nitrogen and oxygen atoms in total. The Bertz CT molecular complexity index is 738. The standard InChI is InChI=1S/C21H29N5O/c1-25(2)13-5-11-22-18-10-12-23-20(16-18)21(27)24-17-6-8-19(9-7-17)26-14-3-4-15-26/h6-10,12,16H,3-5,11,13-15H2,1-2H3,(H,22,23)(H,24,27). The van der Waals surface area contributed by atoms with E-state index < -0.39 is 0 Å². The fourth-order valence-electron chi connectivity index (χ4n) is 3.22. The van der Waals surface area contributed by atoms with E-state index in [1.807, 2.05) is 18.2 Å². The van der Waals surface area contributed by atoms with Crippen LogP contribution in [0, 0.1) is 0 Å². The smallest absolute Gasteiger partial charge is 0.274 e. The number of benzene rings is 1. The third-order valence-corrected chi connectivity index (χ3v) is 4.70. The van der Waals surface area contributed by atoms with Crippen LogP contribution in [0.5, 0.6) is 0 Å². The van der Waals surface area contributed by atoms with E-state index in [2.05, 4.69) is 51.6 Å². The molecule has 1 aromatic carbocycles. The zero-order valence-electron chi connectivity index (χ0n) is 16.2. The van der Waals surface area contributed by atoms with Gasteiger partial charge in [0.2, 0.25) is 0 Å². The van der Waals surface area contributed by atoms with Gasteiger partial charge in [-0.25, -0.2) is 0 Å². The summed E-state index contributed by atoms with van der Waals surface area (Å²) in [6.45, 7) is 4.12. The number of carbonyl (C=O) groups excluding carboxylic acids is 1. The van der Waals surface area contributed by atoms with E-state index >= 15 is 0 Å². The van der Waals surface area contributed by atoms with Gasteiger partial charge < -0.3 is 20.4 Å². The van der Waals surface area contributed by atoms with Crippen LogP contribution in [0.25, 0.3) is 0 Å².